The van der Waals surface area contributed by atoms with Crippen LogP contribution in [0.25, 0.3) is 118 Å². The Morgan fingerprint density at radius 2 is 0.578 bits per heavy atom. The molecule has 0 radical (unpaired) electrons. The number of aromatic nitrogens is 5. The first-order valence-electron chi connectivity index (χ1n) is 25.5. The van der Waals surface area contributed by atoms with Crippen molar-refractivity contribution in [3.05, 3.63) is 247 Å². The first kappa shape index (κ1) is 53.7. The van der Waals surface area contributed by atoms with Crippen molar-refractivity contribution in [1.29, 1.82) is 0 Å². The van der Waals surface area contributed by atoms with Crippen LogP contribution in [-0.2, 0) is 24.7 Å². The number of hydrogen-bond acceptors (Lipinski definition) is 4. The van der Waals surface area contributed by atoms with E-state index in [-0.39, 0.29) is 57.3 Å². The monoisotopic (exact) mass is 1130 g/mol. The predicted octanol–water partition coefficient (Wildman–Crippen LogP) is 19.8. The van der Waals surface area contributed by atoms with Crippen molar-refractivity contribution >= 4 is 21.8 Å². The summed E-state index contributed by atoms with van der Waals surface area (Å²) in [6.07, 6.45) is -20.8. The van der Waals surface area contributed by atoms with Crippen LogP contribution in [0.4, 0.5) is 52.7 Å². The minimum Gasteiger partial charge on any atom is -0.309 e. The zero-order valence-corrected chi connectivity index (χ0v) is 42.6. The van der Waals surface area contributed by atoms with Gasteiger partial charge in [0, 0.05) is 44.2 Å². The van der Waals surface area contributed by atoms with Crippen molar-refractivity contribution in [2.45, 2.75) is 24.7 Å². The van der Waals surface area contributed by atoms with Gasteiger partial charge in [-0.25, -0.2) is 19.9 Å². The smallest absolute Gasteiger partial charge is 0.309 e. The van der Waals surface area contributed by atoms with E-state index in [4.69, 9.17) is 19.9 Å². The van der Waals surface area contributed by atoms with Gasteiger partial charge in [-0.1, -0.05) is 146 Å². The highest BCUT2D eigenvalue weighted by Gasteiger charge is 2.39. The van der Waals surface area contributed by atoms with Crippen LogP contribution in [0.3, 0.4) is 0 Å². The molecule has 410 valence electrons. The van der Waals surface area contributed by atoms with E-state index in [1.807, 2.05) is 115 Å². The molecule has 0 atom stereocenters. The van der Waals surface area contributed by atoms with Gasteiger partial charge >= 0.3 is 24.7 Å². The molecule has 0 spiro atoms. The van der Waals surface area contributed by atoms with Gasteiger partial charge < -0.3 is 4.57 Å². The fourth-order valence-corrected chi connectivity index (χ4v) is 10.1. The Morgan fingerprint density at radius 1 is 0.253 bits per heavy atom. The van der Waals surface area contributed by atoms with Crippen LogP contribution in [0.1, 0.15) is 22.3 Å². The highest BCUT2D eigenvalue weighted by molar-refractivity contribution is 6.12. The molecule has 0 unspecified atom stereocenters. The molecule has 0 aliphatic heterocycles. The molecule has 17 heteroatoms. The zero-order valence-electron chi connectivity index (χ0n) is 42.6. The molecule has 0 aliphatic carbocycles. The van der Waals surface area contributed by atoms with Crippen molar-refractivity contribution < 1.29 is 52.7 Å². The highest BCUT2D eigenvalue weighted by atomic mass is 19.4. The SMILES string of the molecule is FC(F)(F)c1cc(-c2ccc3c4ccc(-c5cc(C(F)(F)F)cc(C(F)(F)F)c5)cc4n(-c4ccc(-c5nc(-c6ccccc6)cc(-c6ccccc6)n5)cc4-c4cc(-c5ccccc5)nc(-c5ccccc5)n4)c3c2)cc(C(F)(F)F)c1. The molecule has 0 fully saturated rings. The summed E-state index contributed by atoms with van der Waals surface area (Å²) in [5, 5.41) is 0.717. The third kappa shape index (κ3) is 10.8. The van der Waals surface area contributed by atoms with E-state index in [9.17, 15) is 52.7 Å². The van der Waals surface area contributed by atoms with E-state index in [0.29, 0.717) is 74.4 Å². The summed E-state index contributed by atoms with van der Waals surface area (Å²) in [7, 11) is 0. The average molecular weight is 1130 g/mol. The molecule has 0 amide bonds. The Balaban J connectivity index is 1.20. The fraction of sp³-hybridized carbons (Fsp3) is 0.0606. The Hall–Kier alpha value is -9.90. The summed E-state index contributed by atoms with van der Waals surface area (Å²) in [4.78, 5) is 20.3. The van der Waals surface area contributed by atoms with Crippen molar-refractivity contribution in [2.75, 3.05) is 0 Å². The third-order valence-corrected chi connectivity index (χ3v) is 14.1. The van der Waals surface area contributed by atoms with Crippen LogP contribution in [0.5, 0.6) is 0 Å². The van der Waals surface area contributed by atoms with Crippen molar-refractivity contribution in [3.8, 4) is 95.7 Å². The molecular formula is C66H37F12N5. The second kappa shape index (κ2) is 20.6. The quantitative estimate of drug-likeness (QED) is 0.135. The summed E-state index contributed by atoms with van der Waals surface area (Å²) < 4.78 is 175. The lowest BCUT2D eigenvalue weighted by Crippen LogP contribution is -2.11. The van der Waals surface area contributed by atoms with Gasteiger partial charge in [0.25, 0.3) is 0 Å². The van der Waals surface area contributed by atoms with E-state index in [0.717, 1.165) is 11.1 Å². The number of hydrogen-bond donors (Lipinski definition) is 0. The lowest BCUT2D eigenvalue weighted by molar-refractivity contribution is -0.144. The summed E-state index contributed by atoms with van der Waals surface area (Å²) in [5.74, 6) is 0.522. The molecule has 3 aromatic heterocycles. The number of rotatable bonds is 9. The Bertz CT molecular complexity index is 4110. The Morgan fingerprint density at radius 3 is 0.952 bits per heavy atom. The first-order chi connectivity index (χ1) is 39.6. The number of halogens is 12. The second-order valence-electron chi connectivity index (χ2n) is 19.5. The van der Waals surface area contributed by atoms with E-state index < -0.39 is 58.1 Å². The predicted molar refractivity (Wildman–Crippen MR) is 295 cm³/mol. The minimum atomic E-state index is -5.20. The van der Waals surface area contributed by atoms with Gasteiger partial charge in [0.1, 0.15) is 0 Å². The van der Waals surface area contributed by atoms with Crippen LogP contribution in [0, 0.1) is 0 Å². The summed E-state index contributed by atoms with van der Waals surface area (Å²) in [6, 6.07) is 56.5. The molecule has 3 heterocycles. The topological polar surface area (TPSA) is 56.5 Å². The maximum Gasteiger partial charge on any atom is 0.416 e. The van der Waals surface area contributed by atoms with Crippen molar-refractivity contribution in [3.63, 3.8) is 0 Å². The van der Waals surface area contributed by atoms with Gasteiger partial charge in [-0.2, -0.15) is 52.7 Å². The van der Waals surface area contributed by atoms with Crippen LogP contribution >= 0.6 is 0 Å². The fourth-order valence-electron chi connectivity index (χ4n) is 10.1. The number of nitrogens with zero attached hydrogens (tertiary/aromatic N) is 5. The highest BCUT2D eigenvalue weighted by Crippen LogP contribution is 2.45. The molecule has 12 rings (SSSR count). The van der Waals surface area contributed by atoms with Crippen LogP contribution in [0.15, 0.2) is 224 Å². The lowest BCUT2D eigenvalue weighted by Gasteiger charge is -2.18. The van der Waals surface area contributed by atoms with Gasteiger partial charge in [-0.15, -0.1) is 0 Å². The molecule has 0 saturated heterocycles. The average Bonchev–Trinajstić information content (AvgIpc) is 2.22. The van der Waals surface area contributed by atoms with Gasteiger partial charge in [0.05, 0.1) is 61.8 Å². The third-order valence-electron chi connectivity index (χ3n) is 14.1. The maximum absolute atomic E-state index is 14.4. The molecule has 0 saturated carbocycles. The zero-order chi connectivity index (χ0) is 58.0. The minimum absolute atomic E-state index is 0.0174. The van der Waals surface area contributed by atoms with Crippen LogP contribution in [-0.4, -0.2) is 24.5 Å². The van der Waals surface area contributed by atoms with Gasteiger partial charge in [-0.3, -0.25) is 0 Å². The largest absolute Gasteiger partial charge is 0.416 e. The van der Waals surface area contributed by atoms with Gasteiger partial charge in [-0.05, 0) is 101 Å². The van der Waals surface area contributed by atoms with Gasteiger partial charge in [0.2, 0.25) is 0 Å². The Kier molecular flexibility index (Phi) is 13.3. The molecule has 0 bridgehead atoms. The first-order valence-corrected chi connectivity index (χ1v) is 25.5. The number of fused-ring (bicyclic) bond motifs is 3. The lowest BCUT2D eigenvalue weighted by atomic mass is 9.97. The molecule has 83 heavy (non-hydrogen) atoms. The molecule has 9 aromatic carbocycles. The van der Waals surface area contributed by atoms with E-state index in [2.05, 4.69) is 0 Å². The molecule has 5 nitrogen and oxygen atoms in total. The normalized spacial score (nSPS) is 12.3. The molecule has 12 aromatic rings. The molecule has 0 aliphatic rings. The van der Waals surface area contributed by atoms with Crippen molar-refractivity contribution in [1.82, 2.24) is 24.5 Å². The van der Waals surface area contributed by atoms with Crippen molar-refractivity contribution in [2.24, 2.45) is 0 Å². The Labute approximate surface area is 464 Å². The van der Waals surface area contributed by atoms with Crippen LogP contribution in [0.2, 0.25) is 0 Å². The summed E-state index contributed by atoms with van der Waals surface area (Å²) >= 11 is 0. The molecule has 0 N–H and O–H groups in total. The molecular weight excluding hydrogens is 1090 g/mol. The maximum atomic E-state index is 14.4. The standard InChI is InChI=1S/C66H37F12N5/c67-63(68,69)47-27-45(28-48(34-47)64(70,71)72)42-21-24-51-52-25-22-43(46-29-49(65(73,74)75)35-50(30-46)66(76,77)78)33-60(52)83(59(51)32-42)58-26-23-44(62-80-54(38-13-5-1-6-14-38)36-55(81-62)39-15-7-2-8-16-39)31-53(58)57-37-56(40-17-9-3-10-18-40)79-61(82-57)41-19-11-4-12-20-41/h1-37H. The summed E-state index contributed by atoms with van der Waals surface area (Å²) in [5.41, 5.74) is -1.30. The van der Waals surface area contributed by atoms with E-state index in [1.165, 1.54) is 36.4 Å². The van der Waals surface area contributed by atoms with Gasteiger partial charge in [0.15, 0.2) is 11.6 Å². The number of benzene rings is 9. The van der Waals surface area contributed by atoms with E-state index in [1.54, 1.807) is 41.0 Å². The summed E-state index contributed by atoms with van der Waals surface area (Å²) in [6.45, 7) is 0. The number of alkyl halides is 12. The van der Waals surface area contributed by atoms with Crippen LogP contribution < -0.4 is 0 Å². The second-order valence-corrected chi connectivity index (χ2v) is 19.5. The van der Waals surface area contributed by atoms with E-state index >= 15 is 0 Å².